The number of hydrogen-bond donors (Lipinski definition) is 2. The topological polar surface area (TPSA) is 39.7 Å². The zero-order valence-electron chi connectivity index (χ0n) is 14.6. The van der Waals surface area contributed by atoms with Crippen LogP contribution in [-0.2, 0) is 0 Å². The highest BCUT2D eigenvalue weighted by atomic mass is 127. The average molecular weight is 430 g/mol. The van der Waals surface area contributed by atoms with Crippen LogP contribution in [0.25, 0.3) is 0 Å². The van der Waals surface area contributed by atoms with E-state index in [1.165, 1.54) is 31.4 Å². The molecule has 1 saturated heterocycles. The second-order valence-electron chi connectivity index (χ2n) is 6.01. The maximum absolute atomic E-state index is 4.36. The first kappa shape index (κ1) is 20.2. The van der Waals surface area contributed by atoms with E-state index in [9.17, 15) is 0 Å². The van der Waals surface area contributed by atoms with Crippen LogP contribution in [0.2, 0.25) is 0 Å². The molecule has 1 heterocycles. The van der Waals surface area contributed by atoms with Crippen molar-refractivity contribution in [3.8, 4) is 0 Å². The van der Waals surface area contributed by atoms with Crippen LogP contribution in [0.1, 0.15) is 44.7 Å². The molecule has 2 atom stereocenters. The second-order valence-corrected chi connectivity index (χ2v) is 6.01. The number of piperidine rings is 1. The minimum Gasteiger partial charge on any atom is -0.355 e. The zero-order valence-corrected chi connectivity index (χ0v) is 16.9. The van der Waals surface area contributed by atoms with Crippen LogP contribution >= 0.6 is 24.0 Å². The van der Waals surface area contributed by atoms with E-state index in [2.05, 4.69) is 58.6 Å². The largest absolute Gasteiger partial charge is 0.355 e. The van der Waals surface area contributed by atoms with Gasteiger partial charge in [0.15, 0.2) is 5.96 Å². The SMILES string of the molecule is CCN1CCCCC1CNC(=NC)NC(C)c1ccccc1.I. The number of rotatable bonds is 5. The molecule has 1 fully saturated rings. The second kappa shape index (κ2) is 10.9. The minimum absolute atomic E-state index is 0. The Morgan fingerprint density at radius 1 is 1.30 bits per heavy atom. The van der Waals surface area contributed by atoms with Gasteiger partial charge in [0.1, 0.15) is 0 Å². The molecule has 5 heteroatoms. The number of guanidine groups is 1. The lowest BCUT2D eigenvalue weighted by Gasteiger charge is -2.35. The Balaban J connectivity index is 0.00000264. The van der Waals surface area contributed by atoms with Crippen molar-refractivity contribution in [2.24, 2.45) is 4.99 Å². The highest BCUT2D eigenvalue weighted by molar-refractivity contribution is 14.0. The van der Waals surface area contributed by atoms with Crippen molar-refractivity contribution in [1.29, 1.82) is 0 Å². The van der Waals surface area contributed by atoms with E-state index in [1.807, 2.05) is 13.1 Å². The number of nitrogens with zero attached hydrogens (tertiary/aromatic N) is 2. The van der Waals surface area contributed by atoms with Crippen LogP contribution in [0.15, 0.2) is 35.3 Å². The standard InChI is InChI=1S/C18H30N4.HI/c1-4-22-13-9-8-12-17(22)14-20-18(19-3)21-15(2)16-10-6-5-7-11-16;/h5-7,10-11,15,17H,4,8-9,12-14H2,1-3H3,(H2,19,20,21);1H. The van der Waals surface area contributed by atoms with Crippen LogP contribution < -0.4 is 10.6 Å². The molecule has 2 N–H and O–H groups in total. The highest BCUT2D eigenvalue weighted by Gasteiger charge is 2.21. The van der Waals surface area contributed by atoms with E-state index in [0.29, 0.717) is 6.04 Å². The van der Waals surface area contributed by atoms with Gasteiger partial charge in [-0.05, 0) is 38.4 Å². The fraction of sp³-hybridized carbons (Fsp3) is 0.611. The number of nitrogens with one attached hydrogen (secondary N) is 2. The number of aliphatic imine (C=N–C) groups is 1. The molecule has 0 radical (unpaired) electrons. The van der Waals surface area contributed by atoms with Gasteiger partial charge in [0.2, 0.25) is 0 Å². The highest BCUT2D eigenvalue weighted by Crippen LogP contribution is 2.16. The molecule has 1 aromatic rings. The first-order valence-electron chi connectivity index (χ1n) is 8.50. The van der Waals surface area contributed by atoms with Crippen LogP contribution in [0.5, 0.6) is 0 Å². The number of hydrogen-bond acceptors (Lipinski definition) is 2. The summed E-state index contributed by atoms with van der Waals surface area (Å²) in [4.78, 5) is 6.94. The molecular formula is C18H31IN4. The molecule has 130 valence electrons. The first-order valence-corrected chi connectivity index (χ1v) is 8.50. The smallest absolute Gasteiger partial charge is 0.191 e. The summed E-state index contributed by atoms with van der Waals surface area (Å²) in [6, 6.07) is 11.4. The van der Waals surface area contributed by atoms with Gasteiger partial charge in [-0.2, -0.15) is 0 Å². The average Bonchev–Trinajstić information content (AvgIpc) is 2.59. The van der Waals surface area contributed by atoms with Crippen LogP contribution in [0.3, 0.4) is 0 Å². The molecule has 0 aliphatic carbocycles. The Bertz CT molecular complexity index is 463. The quantitative estimate of drug-likeness (QED) is 0.428. The number of likely N-dealkylation sites (tertiary alicyclic amines) is 1. The summed E-state index contributed by atoms with van der Waals surface area (Å²) in [5, 5.41) is 6.98. The van der Waals surface area contributed by atoms with E-state index < -0.39 is 0 Å². The fourth-order valence-electron chi connectivity index (χ4n) is 3.15. The molecule has 23 heavy (non-hydrogen) atoms. The summed E-state index contributed by atoms with van der Waals surface area (Å²) in [6.07, 6.45) is 3.96. The lowest BCUT2D eigenvalue weighted by molar-refractivity contribution is 0.157. The Kier molecular flexibility index (Phi) is 9.55. The number of likely N-dealkylation sites (N-methyl/N-ethyl adjacent to an activating group) is 1. The van der Waals surface area contributed by atoms with E-state index in [1.54, 1.807) is 0 Å². The predicted molar refractivity (Wildman–Crippen MR) is 110 cm³/mol. The molecule has 4 nitrogen and oxygen atoms in total. The lowest BCUT2D eigenvalue weighted by Crippen LogP contribution is -2.49. The van der Waals surface area contributed by atoms with Crippen molar-refractivity contribution < 1.29 is 0 Å². The van der Waals surface area contributed by atoms with Gasteiger partial charge in [-0.3, -0.25) is 9.89 Å². The van der Waals surface area contributed by atoms with Crippen LogP contribution in [0.4, 0.5) is 0 Å². The zero-order chi connectivity index (χ0) is 15.8. The molecule has 2 rings (SSSR count). The summed E-state index contributed by atoms with van der Waals surface area (Å²) in [5.74, 6) is 0.887. The third kappa shape index (κ3) is 6.30. The number of benzene rings is 1. The van der Waals surface area contributed by atoms with Gasteiger partial charge in [0.05, 0.1) is 6.04 Å². The monoisotopic (exact) mass is 430 g/mol. The Morgan fingerprint density at radius 3 is 2.70 bits per heavy atom. The van der Waals surface area contributed by atoms with Gasteiger partial charge in [0, 0.05) is 19.6 Å². The van der Waals surface area contributed by atoms with Gasteiger partial charge in [-0.15, -0.1) is 24.0 Å². The molecule has 0 bridgehead atoms. The van der Waals surface area contributed by atoms with Crippen molar-refractivity contribution in [3.63, 3.8) is 0 Å². The fourth-order valence-corrected chi connectivity index (χ4v) is 3.15. The molecular weight excluding hydrogens is 399 g/mol. The van der Waals surface area contributed by atoms with E-state index in [4.69, 9.17) is 0 Å². The van der Waals surface area contributed by atoms with Gasteiger partial charge in [-0.25, -0.2) is 0 Å². The lowest BCUT2D eigenvalue weighted by atomic mass is 10.0. The van der Waals surface area contributed by atoms with Crippen LogP contribution in [-0.4, -0.2) is 43.6 Å². The summed E-state index contributed by atoms with van der Waals surface area (Å²) >= 11 is 0. The van der Waals surface area contributed by atoms with Crippen molar-refractivity contribution in [2.75, 3.05) is 26.7 Å². The van der Waals surface area contributed by atoms with Crippen molar-refractivity contribution in [3.05, 3.63) is 35.9 Å². The van der Waals surface area contributed by atoms with Crippen molar-refractivity contribution >= 4 is 29.9 Å². The molecule has 2 unspecified atom stereocenters. The molecule has 1 aromatic carbocycles. The maximum Gasteiger partial charge on any atom is 0.191 e. The number of halogens is 1. The Hall–Kier alpha value is -0.820. The normalized spacial score (nSPS) is 20.5. The van der Waals surface area contributed by atoms with Crippen molar-refractivity contribution in [1.82, 2.24) is 15.5 Å². The van der Waals surface area contributed by atoms with Crippen molar-refractivity contribution in [2.45, 2.75) is 45.2 Å². The predicted octanol–water partition coefficient (Wildman–Crippen LogP) is 3.41. The molecule has 1 aliphatic heterocycles. The Labute approximate surface area is 158 Å². The molecule has 0 amide bonds. The van der Waals surface area contributed by atoms with Gasteiger partial charge >= 0.3 is 0 Å². The van der Waals surface area contributed by atoms with Gasteiger partial charge in [-0.1, -0.05) is 43.7 Å². The van der Waals surface area contributed by atoms with E-state index in [0.717, 1.165) is 19.0 Å². The van der Waals surface area contributed by atoms with Gasteiger partial charge in [0.25, 0.3) is 0 Å². The Morgan fingerprint density at radius 2 is 2.04 bits per heavy atom. The van der Waals surface area contributed by atoms with Gasteiger partial charge < -0.3 is 10.6 Å². The maximum atomic E-state index is 4.36. The summed E-state index contributed by atoms with van der Waals surface area (Å²) in [7, 11) is 1.84. The minimum atomic E-state index is 0. The third-order valence-electron chi connectivity index (χ3n) is 4.54. The third-order valence-corrected chi connectivity index (χ3v) is 4.54. The molecule has 1 aliphatic rings. The molecule has 0 aromatic heterocycles. The molecule has 0 saturated carbocycles. The van der Waals surface area contributed by atoms with Crippen LogP contribution in [0, 0.1) is 0 Å². The van der Waals surface area contributed by atoms with E-state index >= 15 is 0 Å². The summed E-state index contributed by atoms with van der Waals surface area (Å²) < 4.78 is 0. The van der Waals surface area contributed by atoms with E-state index in [-0.39, 0.29) is 30.0 Å². The molecule has 0 spiro atoms. The summed E-state index contributed by atoms with van der Waals surface area (Å²) in [6.45, 7) is 7.76. The summed E-state index contributed by atoms with van der Waals surface area (Å²) in [5.41, 5.74) is 1.28. The first-order chi connectivity index (χ1) is 10.7.